The van der Waals surface area contributed by atoms with Crippen molar-refractivity contribution in [1.29, 1.82) is 0 Å². The Kier molecular flexibility index (Phi) is 19.3. The van der Waals surface area contributed by atoms with Crippen molar-refractivity contribution in [3.05, 3.63) is 6.92 Å². The minimum Gasteiger partial charge on any atom is -0.395 e. The molecule has 0 bridgehead atoms. The van der Waals surface area contributed by atoms with E-state index in [0.29, 0.717) is 19.5 Å². The number of carbonyl (C=O) groups excluding carboxylic acids is 1. The molecule has 0 aromatic carbocycles. The molecule has 0 aromatic heterocycles. The maximum atomic E-state index is 11.9. The van der Waals surface area contributed by atoms with Crippen molar-refractivity contribution in [2.24, 2.45) is 0 Å². The molecule has 0 aromatic rings. The maximum absolute atomic E-state index is 11.9. The van der Waals surface area contributed by atoms with Gasteiger partial charge < -0.3 is 10.0 Å². The summed E-state index contributed by atoms with van der Waals surface area (Å²) >= 11 is 0. The third-order valence-corrected chi connectivity index (χ3v) is 4.99. The third-order valence-electron chi connectivity index (χ3n) is 4.99. The second-order valence-electron chi connectivity index (χ2n) is 7.30. The number of unbranched alkanes of at least 4 members (excludes halogenated alkanes) is 14. The summed E-state index contributed by atoms with van der Waals surface area (Å²) in [6.45, 7) is 6.92. The highest BCUT2D eigenvalue weighted by molar-refractivity contribution is 5.76. The largest absolute Gasteiger partial charge is 0.395 e. The van der Waals surface area contributed by atoms with Crippen molar-refractivity contribution in [2.45, 2.75) is 110 Å². The molecule has 0 aliphatic rings. The van der Waals surface area contributed by atoms with Gasteiger partial charge in [-0.3, -0.25) is 4.79 Å². The monoisotopic (exact) mass is 354 g/mol. The molecule has 149 valence electrons. The highest BCUT2D eigenvalue weighted by Crippen LogP contribution is 2.14. The topological polar surface area (TPSA) is 40.5 Å². The lowest BCUT2D eigenvalue weighted by Gasteiger charge is -2.19. The number of hydrogen-bond acceptors (Lipinski definition) is 2. The molecule has 0 spiro atoms. The smallest absolute Gasteiger partial charge is 0.222 e. The van der Waals surface area contributed by atoms with Crippen molar-refractivity contribution in [3.8, 4) is 0 Å². The van der Waals surface area contributed by atoms with E-state index in [1.807, 2.05) is 0 Å². The van der Waals surface area contributed by atoms with Gasteiger partial charge in [-0.15, -0.1) is 0 Å². The summed E-state index contributed by atoms with van der Waals surface area (Å²) in [4.78, 5) is 13.5. The second kappa shape index (κ2) is 19.8. The summed E-state index contributed by atoms with van der Waals surface area (Å²) in [7, 11) is 0. The zero-order chi connectivity index (χ0) is 18.6. The van der Waals surface area contributed by atoms with E-state index in [1.54, 1.807) is 4.90 Å². The van der Waals surface area contributed by atoms with Gasteiger partial charge >= 0.3 is 0 Å². The first-order valence-corrected chi connectivity index (χ1v) is 10.9. The SMILES string of the molecule is [CH2]CN(CCO)C(=O)CCCCCCCCCCCCCCCCC. The van der Waals surface area contributed by atoms with Gasteiger partial charge in [-0.25, -0.2) is 0 Å². The van der Waals surface area contributed by atoms with Crippen LogP contribution in [0.4, 0.5) is 0 Å². The summed E-state index contributed by atoms with van der Waals surface area (Å²) in [5.41, 5.74) is 0. The molecule has 1 amide bonds. The predicted octanol–water partition coefficient (Wildman–Crippen LogP) is 5.90. The normalized spacial score (nSPS) is 11.0. The van der Waals surface area contributed by atoms with Crippen LogP contribution in [0.15, 0.2) is 0 Å². The van der Waals surface area contributed by atoms with E-state index in [9.17, 15) is 4.79 Å². The fourth-order valence-corrected chi connectivity index (χ4v) is 3.29. The van der Waals surface area contributed by atoms with Crippen molar-refractivity contribution >= 4 is 5.91 Å². The number of carbonyl (C=O) groups is 1. The van der Waals surface area contributed by atoms with Gasteiger partial charge in [-0.2, -0.15) is 0 Å². The van der Waals surface area contributed by atoms with Crippen LogP contribution >= 0.6 is 0 Å². The molecular formula is C22H44NO2. The minimum absolute atomic E-state index is 0.0279. The highest BCUT2D eigenvalue weighted by Gasteiger charge is 2.09. The van der Waals surface area contributed by atoms with Crippen molar-refractivity contribution < 1.29 is 9.90 Å². The van der Waals surface area contributed by atoms with Crippen LogP contribution < -0.4 is 0 Å². The molecule has 0 aliphatic carbocycles. The highest BCUT2D eigenvalue weighted by atomic mass is 16.3. The number of aliphatic hydroxyl groups is 1. The molecule has 0 fully saturated rings. The van der Waals surface area contributed by atoms with Crippen LogP contribution in [0.3, 0.4) is 0 Å². The molecule has 1 radical (unpaired) electrons. The molecule has 25 heavy (non-hydrogen) atoms. The summed E-state index contributed by atoms with van der Waals surface area (Å²) in [5.74, 6) is 0.138. The number of rotatable bonds is 19. The van der Waals surface area contributed by atoms with Gasteiger partial charge in [0.2, 0.25) is 5.91 Å². The van der Waals surface area contributed by atoms with E-state index in [0.717, 1.165) is 12.8 Å². The minimum atomic E-state index is 0.0279. The van der Waals surface area contributed by atoms with E-state index >= 15 is 0 Å². The molecule has 3 nitrogen and oxygen atoms in total. The molecule has 3 heteroatoms. The van der Waals surface area contributed by atoms with Gasteiger partial charge in [-0.1, -0.05) is 96.8 Å². The number of aliphatic hydroxyl groups excluding tert-OH is 1. The Bertz CT molecular complexity index is 281. The first-order valence-electron chi connectivity index (χ1n) is 10.9. The second-order valence-corrected chi connectivity index (χ2v) is 7.30. The van der Waals surface area contributed by atoms with Gasteiger partial charge in [0.25, 0.3) is 0 Å². The van der Waals surface area contributed by atoms with Crippen molar-refractivity contribution in [2.75, 3.05) is 19.7 Å². The van der Waals surface area contributed by atoms with Crippen LogP contribution in [0.25, 0.3) is 0 Å². The summed E-state index contributed by atoms with van der Waals surface area (Å²) in [6.07, 6.45) is 20.7. The number of hydrogen-bond donors (Lipinski definition) is 1. The van der Waals surface area contributed by atoms with Crippen LogP contribution in [0, 0.1) is 6.92 Å². The third kappa shape index (κ3) is 16.6. The Morgan fingerprint density at radius 1 is 0.760 bits per heavy atom. The van der Waals surface area contributed by atoms with Crippen LogP contribution in [0.2, 0.25) is 0 Å². The van der Waals surface area contributed by atoms with Crippen LogP contribution in [-0.2, 0) is 4.79 Å². The number of amides is 1. The van der Waals surface area contributed by atoms with Gasteiger partial charge in [0.1, 0.15) is 0 Å². The van der Waals surface area contributed by atoms with Gasteiger partial charge in [0.15, 0.2) is 0 Å². The molecule has 1 N–H and O–H groups in total. The molecule has 0 unspecified atom stereocenters. The fourth-order valence-electron chi connectivity index (χ4n) is 3.29. The first-order chi connectivity index (χ1) is 12.3. The quantitative estimate of drug-likeness (QED) is 0.293. The lowest BCUT2D eigenvalue weighted by atomic mass is 10.0. The van der Waals surface area contributed by atoms with Gasteiger partial charge in [-0.05, 0) is 13.3 Å². The molecular weight excluding hydrogens is 310 g/mol. The van der Waals surface area contributed by atoms with E-state index in [1.165, 1.54) is 83.5 Å². The Morgan fingerprint density at radius 2 is 1.16 bits per heavy atom. The van der Waals surface area contributed by atoms with Crippen molar-refractivity contribution in [1.82, 2.24) is 4.90 Å². The fraction of sp³-hybridized carbons (Fsp3) is 0.909. The van der Waals surface area contributed by atoms with E-state index in [-0.39, 0.29) is 12.5 Å². The molecule has 0 heterocycles. The zero-order valence-electron chi connectivity index (χ0n) is 16.9. The average molecular weight is 355 g/mol. The van der Waals surface area contributed by atoms with Crippen molar-refractivity contribution in [3.63, 3.8) is 0 Å². The summed E-state index contributed by atoms with van der Waals surface area (Å²) < 4.78 is 0. The summed E-state index contributed by atoms with van der Waals surface area (Å²) in [5, 5.41) is 8.90. The van der Waals surface area contributed by atoms with E-state index in [4.69, 9.17) is 5.11 Å². The molecule has 0 saturated carbocycles. The lowest BCUT2D eigenvalue weighted by Crippen LogP contribution is -2.33. The number of nitrogens with zero attached hydrogens (tertiary/aromatic N) is 1. The molecule has 0 atom stereocenters. The first kappa shape index (κ1) is 24.4. The zero-order valence-corrected chi connectivity index (χ0v) is 16.9. The van der Waals surface area contributed by atoms with Crippen LogP contribution in [0.5, 0.6) is 0 Å². The standard InChI is InChI=1S/C22H44NO2/c1-3-5-6-7-8-9-10-11-12-13-14-15-16-17-18-19-22(25)23(4-2)20-21-24/h24H,2-21H2,1H3. The Balaban J connectivity index is 3.22. The Morgan fingerprint density at radius 3 is 1.52 bits per heavy atom. The maximum Gasteiger partial charge on any atom is 0.222 e. The Labute approximate surface area is 157 Å². The predicted molar refractivity (Wildman–Crippen MR) is 109 cm³/mol. The van der Waals surface area contributed by atoms with E-state index < -0.39 is 0 Å². The summed E-state index contributed by atoms with van der Waals surface area (Å²) in [6, 6.07) is 0. The molecule has 0 rings (SSSR count). The van der Waals surface area contributed by atoms with Crippen LogP contribution in [0.1, 0.15) is 110 Å². The van der Waals surface area contributed by atoms with Crippen LogP contribution in [-0.4, -0.2) is 35.6 Å². The Hall–Kier alpha value is -0.570. The lowest BCUT2D eigenvalue weighted by molar-refractivity contribution is -0.131. The molecule has 0 aliphatic heterocycles. The average Bonchev–Trinajstić information content (AvgIpc) is 2.62. The van der Waals surface area contributed by atoms with E-state index in [2.05, 4.69) is 13.8 Å². The molecule has 0 saturated heterocycles. The van der Waals surface area contributed by atoms with Gasteiger partial charge in [0.05, 0.1) is 6.61 Å². The van der Waals surface area contributed by atoms with Gasteiger partial charge in [0, 0.05) is 19.5 Å².